The molecule has 1 aliphatic carbocycles. The van der Waals surface area contributed by atoms with Gasteiger partial charge in [-0.2, -0.15) is 26.3 Å². The normalized spacial score (nSPS) is 20.2. The average molecular weight is 922 g/mol. The van der Waals surface area contributed by atoms with E-state index in [2.05, 4.69) is 70.1 Å². The van der Waals surface area contributed by atoms with Gasteiger partial charge < -0.3 is 19.6 Å². The summed E-state index contributed by atoms with van der Waals surface area (Å²) in [5, 5.41) is 9.59. The van der Waals surface area contributed by atoms with Gasteiger partial charge in [0.2, 0.25) is 0 Å². The van der Waals surface area contributed by atoms with Crippen LogP contribution in [-0.4, -0.2) is 31.3 Å². The molecular weight excluding hydrogens is 859 g/mol. The van der Waals surface area contributed by atoms with Crippen molar-refractivity contribution in [2.75, 3.05) is 36.0 Å². The molecule has 0 saturated carbocycles. The number of benzene rings is 3. The topological polar surface area (TPSA) is 38.6 Å². The summed E-state index contributed by atoms with van der Waals surface area (Å²) in [6.45, 7) is 20.9. The van der Waals surface area contributed by atoms with Gasteiger partial charge in [-0.3, -0.25) is 0 Å². The molecule has 67 heavy (non-hydrogen) atoms. The van der Waals surface area contributed by atoms with Crippen LogP contribution >= 0.6 is 0 Å². The number of alkyl halides is 6. The van der Waals surface area contributed by atoms with E-state index in [1.807, 2.05) is 36.5 Å². The third-order valence-electron chi connectivity index (χ3n) is 14.5. The highest BCUT2D eigenvalue weighted by atomic mass is 19.4. The lowest BCUT2D eigenvalue weighted by atomic mass is 9.80. The molecule has 0 spiro atoms. The van der Waals surface area contributed by atoms with Crippen molar-refractivity contribution in [3.63, 3.8) is 0 Å². The molecule has 5 aliphatic heterocycles. The molecular formula is C57H63F6N2O2+. The van der Waals surface area contributed by atoms with Gasteiger partial charge in [0.25, 0.3) is 5.75 Å². The molecule has 10 heteroatoms. The first-order valence-corrected chi connectivity index (χ1v) is 24.1. The number of fused-ring (bicyclic) bond motifs is 2. The lowest BCUT2D eigenvalue weighted by Crippen LogP contribution is -2.35. The molecule has 0 radical (unpaired) electrons. The number of halogens is 6. The summed E-state index contributed by atoms with van der Waals surface area (Å²) in [7, 11) is 0. The van der Waals surface area contributed by atoms with Gasteiger partial charge in [0.1, 0.15) is 11.5 Å². The summed E-state index contributed by atoms with van der Waals surface area (Å²) in [6, 6.07) is 6.29. The molecule has 4 nitrogen and oxygen atoms in total. The summed E-state index contributed by atoms with van der Waals surface area (Å²) in [5.41, 5.74) is 9.47. The summed E-state index contributed by atoms with van der Waals surface area (Å²) in [5.74, 6) is 2.08. The van der Waals surface area contributed by atoms with E-state index in [1.165, 1.54) is 28.1 Å². The SMILES string of the molecule is C=C(/C=C(/C=C/C1=C(c2cc(C(F)(F)F)cc(C(F)(F)F)c2)C(=C/C=C2\C=C(C(C)(C)C)Oc3c2cc2c4c3CCCN4CCC2)/CCC1)c1cc2c3c(c1[OH2+])CCCN3CCC2)C(C)(C)C. The zero-order chi connectivity index (χ0) is 47.8. The number of nitrogens with zero attached hydrogens (tertiary/aromatic N) is 2. The predicted molar refractivity (Wildman–Crippen MR) is 261 cm³/mol. The van der Waals surface area contributed by atoms with Gasteiger partial charge in [0.05, 0.1) is 27.9 Å². The highest BCUT2D eigenvalue weighted by Gasteiger charge is 2.39. The maximum atomic E-state index is 14.6. The first-order valence-electron chi connectivity index (χ1n) is 24.1. The van der Waals surface area contributed by atoms with E-state index in [9.17, 15) is 31.4 Å². The third kappa shape index (κ3) is 9.18. The van der Waals surface area contributed by atoms with Gasteiger partial charge in [0, 0.05) is 48.4 Å². The number of ether oxygens (including phenoxy) is 1. The van der Waals surface area contributed by atoms with Crippen LogP contribution in [0.15, 0.2) is 95.8 Å². The Bertz CT molecular complexity index is 2690. The van der Waals surface area contributed by atoms with Crippen molar-refractivity contribution in [1.29, 1.82) is 0 Å². The molecule has 5 heterocycles. The highest BCUT2D eigenvalue weighted by Crippen LogP contribution is 2.51. The van der Waals surface area contributed by atoms with E-state index in [1.54, 1.807) is 0 Å². The van der Waals surface area contributed by atoms with Crippen LogP contribution < -0.4 is 14.5 Å². The quantitative estimate of drug-likeness (QED) is 0.140. The van der Waals surface area contributed by atoms with Crippen molar-refractivity contribution in [3.05, 3.63) is 146 Å². The van der Waals surface area contributed by atoms with E-state index in [4.69, 9.17) is 4.74 Å². The Labute approximate surface area is 391 Å². The third-order valence-corrected chi connectivity index (χ3v) is 14.5. The van der Waals surface area contributed by atoms with E-state index in [-0.39, 0.29) is 22.5 Å². The second kappa shape index (κ2) is 17.3. The van der Waals surface area contributed by atoms with Gasteiger partial charge in [-0.15, -0.1) is 0 Å². The molecule has 0 aromatic heterocycles. The minimum Gasteiger partial charge on any atom is -0.593 e. The fourth-order valence-electron chi connectivity index (χ4n) is 10.8. The zero-order valence-corrected chi connectivity index (χ0v) is 39.7. The molecule has 0 atom stereocenters. The van der Waals surface area contributed by atoms with Gasteiger partial charge in [-0.05, 0) is 163 Å². The van der Waals surface area contributed by atoms with Crippen LogP contribution in [0, 0.1) is 10.8 Å². The smallest absolute Gasteiger partial charge is 0.416 e. The van der Waals surface area contributed by atoms with E-state index in [0.717, 1.165) is 135 Å². The molecule has 6 aliphatic rings. The number of anilines is 2. The van der Waals surface area contributed by atoms with Gasteiger partial charge in [0.15, 0.2) is 0 Å². The van der Waals surface area contributed by atoms with Gasteiger partial charge >= 0.3 is 12.4 Å². The number of rotatable bonds is 6. The molecule has 9 rings (SSSR count). The summed E-state index contributed by atoms with van der Waals surface area (Å²) >= 11 is 0. The number of hydrogen-bond donors (Lipinski definition) is 0. The van der Waals surface area contributed by atoms with Crippen LogP contribution in [0.2, 0.25) is 0 Å². The molecule has 3 aromatic carbocycles. The number of hydrogen-bond acceptors (Lipinski definition) is 3. The number of aryl methyl sites for hydroxylation is 2. The standard InChI is InChI=1S/C57H62F6N2O2/c1-34(54(2,3)4)27-37(46-30-39-15-9-23-64-25-11-17-44(50(39)64)52(46)66)21-19-35-13-8-14-36(49(35)41-28-42(56(58,59)60)33-43(29-41)57(61,62)63)20-22-38-32-48(55(5,6)7)67-53-45-18-12-26-65-24-10-16-40(51(45)65)31-47(38)53/h19-22,27-33,66H,1,8-18,23-26H2,2-7H3/p+1/b21-19+,36-20+,37-27-,38-22+. The molecule has 354 valence electrons. The van der Waals surface area contributed by atoms with Crippen molar-refractivity contribution in [2.45, 2.75) is 125 Å². The molecule has 3 aromatic rings. The zero-order valence-electron chi connectivity index (χ0n) is 39.7. The van der Waals surface area contributed by atoms with Crippen molar-refractivity contribution < 1.29 is 36.2 Å². The van der Waals surface area contributed by atoms with Crippen LogP contribution in [0.25, 0.3) is 16.7 Å². The maximum absolute atomic E-state index is 14.6. The lowest BCUT2D eigenvalue weighted by Gasteiger charge is -2.40. The molecule has 0 amide bonds. The Morgan fingerprint density at radius 2 is 1.27 bits per heavy atom. The van der Waals surface area contributed by atoms with Crippen LogP contribution in [-0.2, 0) is 38.0 Å². The van der Waals surface area contributed by atoms with E-state index in [0.29, 0.717) is 41.7 Å². The minimum absolute atomic E-state index is 0.132. The Kier molecular flexibility index (Phi) is 12.1. The molecule has 0 unspecified atom stereocenters. The fourth-order valence-corrected chi connectivity index (χ4v) is 10.8. The first-order chi connectivity index (χ1) is 31.6. The van der Waals surface area contributed by atoms with Crippen LogP contribution in [0.1, 0.15) is 137 Å². The fraction of sp³-hybridized carbons (Fsp3) is 0.439. The Balaban J connectivity index is 1.25. The molecule has 2 N–H and O–H groups in total. The van der Waals surface area contributed by atoms with E-state index < -0.39 is 23.5 Å². The van der Waals surface area contributed by atoms with Crippen LogP contribution in [0.3, 0.4) is 0 Å². The minimum atomic E-state index is -5.02. The molecule has 0 saturated heterocycles. The highest BCUT2D eigenvalue weighted by molar-refractivity contribution is 5.90. The number of allylic oxidation sites excluding steroid dienone is 13. The second-order valence-corrected chi connectivity index (χ2v) is 21.3. The largest absolute Gasteiger partial charge is 0.593 e. The van der Waals surface area contributed by atoms with Gasteiger partial charge in [-0.25, -0.2) is 0 Å². The van der Waals surface area contributed by atoms with Crippen molar-refractivity contribution in [3.8, 4) is 11.5 Å². The predicted octanol–water partition coefficient (Wildman–Crippen LogP) is 15.1. The summed E-state index contributed by atoms with van der Waals surface area (Å²) < 4.78 is 94.4. The lowest BCUT2D eigenvalue weighted by molar-refractivity contribution is -0.143. The van der Waals surface area contributed by atoms with Crippen molar-refractivity contribution in [1.82, 2.24) is 0 Å². The van der Waals surface area contributed by atoms with Crippen molar-refractivity contribution >= 4 is 28.1 Å². The van der Waals surface area contributed by atoms with Crippen LogP contribution in [0.5, 0.6) is 11.5 Å². The molecule has 0 fully saturated rings. The monoisotopic (exact) mass is 921 g/mol. The average Bonchev–Trinajstić information content (AvgIpc) is 3.27. The molecule has 0 bridgehead atoms. The van der Waals surface area contributed by atoms with Crippen molar-refractivity contribution in [2.24, 2.45) is 10.8 Å². The Hall–Kier alpha value is -5.38. The maximum Gasteiger partial charge on any atom is 0.416 e. The summed E-state index contributed by atoms with van der Waals surface area (Å²) in [4.78, 5) is 4.87. The summed E-state index contributed by atoms with van der Waals surface area (Å²) in [6.07, 6.45) is 10.8. The second-order valence-electron chi connectivity index (χ2n) is 21.3. The Morgan fingerprint density at radius 1 is 0.687 bits per heavy atom. The van der Waals surface area contributed by atoms with Gasteiger partial charge in [-0.1, -0.05) is 78.5 Å². The first kappa shape index (κ1) is 46.7. The Morgan fingerprint density at radius 3 is 1.87 bits per heavy atom. The van der Waals surface area contributed by atoms with E-state index >= 15 is 0 Å². The van der Waals surface area contributed by atoms with Crippen LogP contribution in [0.4, 0.5) is 37.7 Å².